The first-order chi connectivity index (χ1) is 18.6. The van der Waals surface area contributed by atoms with E-state index in [0.717, 1.165) is 55.1 Å². The molecule has 7 aromatic rings. The Bertz CT molecular complexity index is 1940. The minimum Gasteiger partial charge on any atom is -0.456 e. The van der Waals surface area contributed by atoms with Crippen LogP contribution in [0.15, 0.2) is 132 Å². The van der Waals surface area contributed by atoms with Gasteiger partial charge in [-0.2, -0.15) is 0 Å². The molecule has 2 nitrogen and oxygen atoms in total. The van der Waals surface area contributed by atoms with E-state index in [2.05, 4.69) is 24.3 Å². The molecule has 5 aromatic carbocycles. The number of hydrogen-bond donors (Lipinski definition) is 0. The molecule has 2 heterocycles. The van der Waals surface area contributed by atoms with E-state index in [1.54, 1.807) is 6.20 Å². The van der Waals surface area contributed by atoms with Crippen molar-refractivity contribution in [3.05, 3.63) is 139 Å². The number of furan rings is 1. The van der Waals surface area contributed by atoms with E-state index in [1.807, 2.05) is 97.1 Å². The smallest absolute Gasteiger partial charge is 0.136 e. The van der Waals surface area contributed by atoms with E-state index in [1.165, 1.54) is 0 Å². The van der Waals surface area contributed by atoms with Gasteiger partial charge < -0.3 is 4.42 Å². The zero-order chi connectivity index (χ0) is 25.7. The third-order valence-corrected chi connectivity index (χ3v) is 6.70. The van der Waals surface area contributed by atoms with Gasteiger partial charge >= 0.3 is 0 Å². The molecule has 2 heteroatoms. The molecular formula is C34H23NO. The van der Waals surface area contributed by atoms with Crippen molar-refractivity contribution >= 4 is 32.7 Å². The molecule has 0 fully saturated rings. The molecule has 0 spiro atoms. The maximum Gasteiger partial charge on any atom is 0.136 e. The standard InChI is InChI=1S/C34H23NO/c1-3-9-23(10-4-1)19-27-21-31(35-22-30(27)24-11-5-2-6-12-24)26-16-17-32-29(20-26)34-28-14-8-7-13-25(28)15-18-33(34)36-32/h1-18,20-22H,19H2/i19D2. The highest BCUT2D eigenvalue weighted by Crippen LogP contribution is 2.37. The number of rotatable bonds is 4. The summed E-state index contributed by atoms with van der Waals surface area (Å²) in [7, 11) is 0. The molecule has 0 saturated carbocycles. The van der Waals surface area contributed by atoms with Gasteiger partial charge in [-0.25, -0.2) is 0 Å². The van der Waals surface area contributed by atoms with Crippen LogP contribution in [0.2, 0.25) is 0 Å². The van der Waals surface area contributed by atoms with E-state index in [4.69, 9.17) is 9.40 Å². The van der Waals surface area contributed by atoms with Gasteiger partial charge in [0, 0.05) is 30.8 Å². The van der Waals surface area contributed by atoms with Crippen LogP contribution in [-0.4, -0.2) is 4.98 Å². The molecule has 0 saturated heterocycles. The minimum absolute atomic E-state index is 0.586. The van der Waals surface area contributed by atoms with Gasteiger partial charge in [0.05, 0.1) is 5.69 Å². The van der Waals surface area contributed by atoms with E-state index in [9.17, 15) is 2.74 Å². The summed E-state index contributed by atoms with van der Waals surface area (Å²) in [6.07, 6.45) is 0.0839. The van der Waals surface area contributed by atoms with Crippen LogP contribution < -0.4 is 0 Å². The number of nitrogens with zero attached hydrogens (tertiary/aromatic N) is 1. The van der Waals surface area contributed by atoms with Gasteiger partial charge in [-0.1, -0.05) is 91.0 Å². The molecule has 0 aliphatic carbocycles. The van der Waals surface area contributed by atoms with Crippen LogP contribution in [0.25, 0.3) is 55.1 Å². The van der Waals surface area contributed by atoms with Crippen molar-refractivity contribution in [3.8, 4) is 22.4 Å². The van der Waals surface area contributed by atoms with E-state index in [0.29, 0.717) is 11.1 Å². The number of fused-ring (bicyclic) bond motifs is 5. The molecule has 0 radical (unpaired) electrons. The van der Waals surface area contributed by atoms with Crippen molar-refractivity contribution in [1.29, 1.82) is 0 Å². The molecule has 36 heavy (non-hydrogen) atoms. The molecule has 0 aliphatic rings. The Labute approximate surface area is 212 Å². The highest BCUT2D eigenvalue weighted by Gasteiger charge is 2.14. The number of hydrogen-bond acceptors (Lipinski definition) is 2. The fraction of sp³-hybridized carbons (Fsp3) is 0.0294. The summed E-state index contributed by atoms with van der Waals surface area (Å²) in [5.41, 5.74) is 6.21. The Morgan fingerprint density at radius 3 is 2.25 bits per heavy atom. The minimum atomic E-state index is -1.72. The van der Waals surface area contributed by atoms with Crippen LogP contribution in [0, 0.1) is 0 Å². The fourth-order valence-electron chi connectivity index (χ4n) is 4.95. The Balaban J connectivity index is 1.45. The summed E-state index contributed by atoms with van der Waals surface area (Å²) >= 11 is 0. The zero-order valence-electron chi connectivity index (χ0n) is 21.5. The van der Waals surface area contributed by atoms with Crippen LogP contribution in [0.5, 0.6) is 0 Å². The molecule has 0 atom stereocenters. The SMILES string of the molecule is [2H]C([2H])(c1ccccc1)c1cc(-c2ccc3oc4ccc5ccccc5c4c3c2)ncc1-c1ccccc1. The van der Waals surface area contributed by atoms with Gasteiger partial charge in [-0.3, -0.25) is 4.98 Å². The van der Waals surface area contributed by atoms with Crippen LogP contribution >= 0.6 is 0 Å². The molecule has 170 valence electrons. The van der Waals surface area contributed by atoms with Crippen molar-refractivity contribution in [2.45, 2.75) is 6.37 Å². The summed E-state index contributed by atoms with van der Waals surface area (Å²) < 4.78 is 24.6. The second-order valence-electron chi connectivity index (χ2n) is 8.95. The normalized spacial score (nSPS) is 12.7. The Morgan fingerprint density at radius 2 is 1.39 bits per heavy atom. The van der Waals surface area contributed by atoms with Gasteiger partial charge in [0.25, 0.3) is 0 Å². The quantitative estimate of drug-likeness (QED) is 0.260. The van der Waals surface area contributed by atoms with E-state index in [-0.39, 0.29) is 0 Å². The number of pyridine rings is 1. The van der Waals surface area contributed by atoms with E-state index < -0.39 is 6.37 Å². The molecule has 0 N–H and O–H groups in total. The van der Waals surface area contributed by atoms with Crippen molar-refractivity contribution in [3.63, 3.8) is 0 Å². The summed E-state index contributed by atoms with van der Waals surface area (Å²) in [6, 6.07) is 39.6. The van der Waals surface area contributed by atoms with Crippen LogP contribution in [0.4, 0.5) is 0 Å². The van der Waals surface area contributed by atoms with Crippen molar-refractivity contribution in [1.82, 2.24) is 4.98 Å². The highest BCUT2D eigenvalue weighted by atomic mass is 16.3. The molecule has 7 rings (SSSR count). The first-order valence-corrected chi connectivity index (χ1v) is 12.1. The van der Waals surface area contributed by atoms with Crippen molar-refractivity contribution < 1.29 is 7.16 Å². The van der Waals surface area contributed by atoms with Crippen LogP contribution in [-0.2, 0) is 6.37 Å². The van der Waals surface area contributed by atoms with Crippen molar-refractivity contribution in [2.24, 2.45) is 0 Å². The lowest BCUT2D eigenvalue weighted by Crippen LogP contribution is -1.96. The van der Waals surface area contributed by atoms with Crippen LogP contribution in [0.1, 0.15) is 13.9 Å². The summed E-state index contributed by atoms with van der Waals surface area (Å²) in [5, 5.41) is 4.42. The largest absolute Gasteiger partial charge is 0.456 e. The topological polar surface area (TPSA) is 26.0 Å². The fourth-order valence-corrected chi connectivity index (χ4v) is 4.95. The lowest BCUT2D eigenvalue weighted by molar-refractivity contribution is 0.669. The molecule has 0 unspecified atom stereocenters. The number of aromatic nitrogens is 1. The first-order valence-electron chi connectivity index (χ1n) is 13.1. The molecular weight excluding hydrogens is 438 g/mol. The number of benzene rings is 5. The second kappa shape index (κ2) is 8.51. The monoisotopic (exact) mass is 463 g/mol. The Morgan fingerprint density at radius 1 is 0.639 bits per heavy atom. The van der Waals surface area contributed by atoms with Crippen molar-refractivity contribution in [2.75, 3.05) is 0 Å². The first kappa shape index (κ1) is 18.6. The highest BCUT2D eigenvalue weighted by molar-refractivity contribution is 6.19. The zero-order valence-corrected chi connectivity index (χ0v) is 19.5. The predicted molar refractivity (Wildman–Crippen MR) is 149 cm³/mol. The average molecular weight is 464 g/mol. The van der Waals surface area contributed by atoms with Gasteiger partial charge in [-0.05, 0) is 64.2 Å². The predicted octanol–water partition coefficient (Wildman–Crippen LogP) is 9.06. The summed E-state index contributed by atoms with van der Waals surface area (Å²) in [6.45, 7) is 0. The average Bonchev–Trinajstić information content (AvgIpc) is 3.36. The summed E-state index contributed by atoms with van der Waals surface area (Å²) in [4.78, 5) is 4.83. The molecule has 0 amide bonds. The second-order valence-corrected chi connectivity index (χ2v) is 8.95. The van der Waals surface area contributed by atoms with Gasteiger partial charge in [0.1, 0.15) is 11.2 Å². The van der Waals surface area contributed by atoms with Gasteiger partial charge in [0.2, 0.25) is 0 Å². The molecule has 0 aliphatic heterocycles. The third kappa shape index (κ3) is 3.55. The van der Waals surface area contributed by atoms with E-state index >= 15 is 0 Å². The Hall–Kier alpha value is -4.69. The Kier molecular flexibility index (Phi) is 4.40. The molecule has 0 bridgehead atoms. The maximum absolute atomic E-state index is 9.19. The van der Waals surface area contributed by atoms with Crippen LogP contribution in [0.3, 0.4) is 0 Å². The van der Waals surface area contributed by atoms with Gasteiger partial charge in [0.15, 0.2) is 0 Å². The lowest BCUT2D eigenvalue weighted by atomic mass is 9.94. The lowest BCUT2D eigenvalue weighted by Gasteiger charge is -2.12. The maximum atomic E-state index is 9.19. The molecule has 2 aromatic heterocycles. The van der Waals surface area contributed by atoms with Gasteiger partial charge in [-0.15, -0.1) is 0 Å². The summed E-state index contributed by atoms with van der Waals surface area (Å²) in [5.74, 6) is 0. The third-order valence-electron chi connectivity index (χ3n) is 6.70.